The number of fused-ring (bicyclic) bond motifs is 1. The Balaban J connectivity index is 1.88. The molecule has 0 aromatic carbocycles. The molecular weight excluding hydrogens is 220 g/mol. The molecule has 1 saturated heterocycles. The highest BCUT2D eigenvalue weighted by molar-refractivity contribution is 7.22. The van der Waals surface area contributed by atoms with Crippen LogP contribution in [-0.4, -0.2) is 48.1 Å². The van der Waals surface area contributed by atoms with Crippen LogP contribution < -0.4 is 4.90 Å². The number of hydrogen-bond acceptors (Lipinski definition) is 5. The standard InChI is InChI=1S/C11H14N4S/c1-14-4-6-15(7-5-14)11-13-9-8-12-3-2-10(9)16-11/h2-3,8H,4-7H2,1H3. The fourth-order valence-corrected chi connectivity index (χ4v) is 2.89. The van der Waals surface area contributed by atoms with Crippen LogP contribution in [0.25, 0.3) is 10.2 Å². The zero-order chi connectivity index (χ0) is 11.0. The Morgan fingerprint density at radius 2 is 2.06 bits per heavy atom. The number of rotatable bonds is 1. The molecule has 5 heteroatoms. The van der Waals surface area contributed by atoms with Gasteiger partial charge in [0, 0.05) is 32.4 Å². The summed E-state index contributed by atoms with van der Waals surface area (Å²) in [5, 5.41) is 1.14. The van der Waals surface area contributed by atoms with Gasteiger partial charge in [0.1, 0.15) is 5.52 Å². The molecule has 0 aliphatic carbocycles. The van der Waals surface area contributed by atoms with Crippen LogP contribution >= 0.6 is 11.3 Å². The van der Waals surface area contributed by atoms with Crippen molar-refractivity contribution in [1.82, 2.24) is 14.9 Å². The highest BCUT2D eigenvalue weighted by Gasteiger charge is 2.17. The van der Waals surface area contributed by atoms with Crippen LogP contribution in [0.2, 0.25) is 0 Å². The zero-order valence-electron chi connectivity index (χ0n) is 9.26. The number of piperazine rings is 1. The van der Waals surface area contributed by atoms with Crippen LogP contribution in [0.4, 0.5) is 5.13 Å². The van der Waals surface area contributed by atoms with E-state index < -0.39 is 0 Å². The molecule has 4 nitrogen and oxygen atoms in total. The summed E-state index contributed by atoms with van der Waals surface area (Å²) in [6.45, 7) is 4.38. The smallest absolute Gasteiger partial charge is 0.186 e. The SMILES string of the molecule is CN1CCN(c2nc3cnccc3s2)CC1. The summed E-state index contributed by atoms with van der Waals surface area (Å²) < 4.78 is 1.23. The Kier molecular flexibility index (Phi) is 2.49. The Bertz CT molecular complexity index is 454. The van der Waals surface area contributed by atoms with Crippen LogP contribution in [0.3, 0.4) is 0 Å². The lowest BCUT2D eigenvalue weighted by Crippen LogP contribution is -2.44. The van der Waals surface area contributed by atoms with Crippen molar-refractivity contribution in [3.05, 3.63) is 18.5 Å². The average Bonchev–Trinajstić information content (AvgIpc) is 2.73. The monoisotopic (exact) mass is 234 g/mol. The van der Waals surface area contributed by atoms with Gasteiger partial charge in [-0.3, -0.25) is 4.98 Å². The first-order chi connectivity index (χ1) is 7.83. The third-order valence-electron chi connectivity index (χ3n) is 2.95. The van der Waals surface area contributed by atoms with E-state index in [0.29, 0.717) is 0 Å². The number of aromatic nitrogens is 2. The quantitative estimate of drug-likeness (QED) is 0.747. The number of nitrogens with zero attached hydrogens (tertiary/aromatic N) is 4. The van der Waals surface area contributed by atoms with Crippen LogP contribution in [0.5, 0.6) is 0 Å². The third kappa shape index (κ3) is 1.76. The molecule has 2 aromatic heterocycles. The van der Waals surface area contributed by atoms with Crippen molar-refractivity contribution in [3.63, 3.8) is 0 Å². The summed E-state index contributed by atoms with van der Waals surface area (Å²) in [5.41, 5.74) is 1.02. The van der Waals surface area contributed by atoms with E-state index >= 15 is 0 Å². The van der Waals surface area contributed by atoms with E-state index in [-0.39, 0.29) is 0 Å². The second-order valence-electron chi connectivity index (χ2n) is 4.13. The van der Waals surface area contributed by atoms with Crippen LogP contribution in [0.1, 0.15) is 0 Å². The first kappa shape index (κ1) is 9.99. The fourth-order valence-electron chi connectivity index (χ4n) is 1.90. The lowest BCUT2D eigenvalue weighted by atomic mass is 10.3. The number of pyridine rings is 1. The Morgan fingerprint density at radius 1 is 1.25 bits per heavy atom. The zero-order valence-corrected chi connectivity index (χ0v) is 10.1. The Hall–Kier alpha value is -1.20. The molecule has 0 radical (unpaired) electrons. The maximum absolute atomic E-state index is 4.62. The molecule has 84 valence electrons. The van der Waals surface area contributed by atoms with Gasteiger partial charge >= 0.3 is 0 Å². The van der Waals surface area contributed by atoms with Gasteiger partial charge in [0.25, 0.3) is 0 Å². The molecule has 2 aromatic rings. The van der Waals surface area contributed by atoms with Gasteiger partial charge in [-0.2, -0.15) is 0 Å². The van der Waals surface area contributed by atoms with Gasteiger partial charge in [0.2, 0.25) is 0 Å². The summed E-state index contributed by atoms with van der Waals surface area (Å²) in [4.78, 5) is 13.4. The molecule has 1 aliphatic rings. The number of hydrogen-bond donors (Lipinski definition) is 0. The second-order valence-corrected chi connectivity index (χ2v) is 5.14. The van der Waals surface area contributed by atoms with E-state index in [2.05, 4.69) is 26.8 Å². The van der Waals surface area contributed by atoms with Gasteiger partial charge in [-0.15, -0.1) is 0 Å². The van der Waals surface area contributed by atoms with E-state index in [1.165, 1.54) is 4.70 Å². The molecule has 0 saturated carbocycles. The van der Waals surface area contributed by atoms with Crippen LogP contribution in [0, 0.1) is 0 Å². The van der Waals surface area contributed by atoms with Gasteiger partial charge in [0.05, 0.1) is 10.9 Å². The summed E-state index contributed by atoms with van der Waals surface area (Å²) in [6, 6.07) is 2.03. The normalized spacial score (nSPS) is 18.2. The lowest BCUT2D eigenvalue weighted by Gasteiger charge is -2.31. The van der Waals surface area contributed by atoms with Crippen molar-refractivity contribution >= 4 is 26.7 Å². The second kappa shape index (κ2) is 3.99. The minimum Gasteiger partial charge on any atom is -0.345 e. The third-order valence-corrected chi connectivity index (χ3v) is 4.05. The van der Waals surface area contributed by atoms with E-state index in [1.807, 2.05) is 18.5 Å². The molecular formula is C11H14N4S. The van der Waals surface area contributed by atoms with Gasteiger partial charge in [-0.25, -0.2) is 4.98 Å². The van der Waals surface area contributed by atoms with Crippen molar-refractivity contribution in [2.45, 2.75) is 0 Å². The van der Waals surface area contributed by atoms with Crippen LogP contribution in [-0.2, 0) is 0 Å². The van der Waals surface area contributed by atoms with Crippen molar-refractivity contribution in [2.24, 2.45) is 0 Å². The summed E-state index contributed by atoms with van der Waals surface area (Å²) in [7, 11) is 2.17. The number of thiazole rings is 1. The van der Waals surface area contributed by atoms with Gasteiger partial charge in [-0.1, -0.05) is 11.3 Å². The first-order valence-corrected chi connectivity index (χ1v) is 6.28. The molecule has 3 heterocycles. The molecule has 0 amide bonds. The van der Waals surface area contributed by atoms with E-state index in [0.717, 1.165) is 36.8 Å². The summed E-state index contributed by atoms with van der Waals surface area (Å²) in [5.74, 6) is 0. The number of anilines is 1. The minimum absolute atomic E-state index is 1.02. The molecule has 16 heavy (non-hydrogen) atoms. The lowest BCUT2D eigenvalue weighted by molar-refractivity contribution is 0.313. The maximum atomic E-state index is 4.62. The molecule has 0 spiro atoms. The van der Waals surface area contributed by atoms with Crippen molar-refractivity contribution < 1.29 is 0 Å². The minimum atomic E-state index is 1.02. The maximum Gasteiger partial charge on any atom is 0.186 e. The summed E-state index contributed by atoms with van der Waals surface area (Å²) in [6.07, 6.45) is 3.67. The predicted octanol–water partition coefficient (Wildman–Crippen LogP) is 1.44. The average molecular weight is 234 g/mol. The number of likely N-dealkylation sites (N-methyl/N-ethyl adjacent to an activating group) is 1. The highest BCUT2D eigenvalue weighted by Crippen LogP contribution is 2.28. The molecule has 0 unspecified atom stereocenters. The molecule has 3 rings (SSSR count). The highest BCUT2D eigenvalue weighted by atomic mass is 32.1. The van der Waals surface area contributed by atoms with E-state index in [4.69, 9.17) is 0 Å². The van der Waals surface area contributed by atoms with Gasteiger partial charge in [0.15, 0.2) is 5.13 Å². The molecule has 1 aliphatic heterocycles. The fraction of sp³-hybridized carbons (Fsp3) is 0.455. The topological polar surface area (TPSA) is 32.3 Å². The molecule has 0 N–H and O–H groups in total. The van der Waals surface area contributed by atoms with E-state index in [9.17, 15) is 0 Å². The Labute approximate surface area is 98.5 Å². The van der Waals surface area contributed by atoms with Gasteiger partial charge in [-0.05, 0) is 13.1 Å². The van der Waals surface area contributed by atoms with Crippen LogP contribution in [0.15, 0.2) is 18.5 Å². The van der Waals surface area contributed by atoms with Crippen molar-refractivity contribution in [2.75, 3.05) is 38.1 Å². The first-order valence-electron chi connectivity index (χ1n) is 5.47. The van der Waals surface area contributed by atoms with E-state index in [1.54, 1.807) is 11.3 Å². The summed E-state index contributed by atoms with van der Waals surface area (Å²) >= 11 is 1.76. The van der Waals surface area contributed by atoms with Crippen molar-refractivity contribution in [1.29, 1.82) is 0 Å². The molecule has 0 atom stereocenters. The Morgan fingerprint density at radius 3 is 2.81 bits per heavy atom. The molecule has 0 bridgehead atoms. The largest absolute Gasteiger partial charge is 0.345 e. The molecule has 1 fully saturated rings. The predicted molar refractivity (Wildman–Crippen MR) is 67.1 cm³/mol. The van der Waals surface area contributed by atoms with Crippen molar-refractivity contribution in [3.8, 4) is 0 Å². The van der Waals surface area contributed by atoms with Gasteiger partial charge < -0.3 is 9.80 Å².